The second-order valence-electron chi connectivity index (χ2n) is 17.3. The van der Waals surface area contributed by atoms with E-state index in [-0.39, 0.29) is 0 Å². The van der Waals surface area contributed by atoms with Crippen LogP contribution in [0.3, 0.4) is 0 Å². The summed E-state index contributed by atoms with van der Waals surface area (Å²) in [4.78, 5) is 10.7. The van der Waals surface area contributed by atoms with Gasteiger partial charge in [-0.3, -0.25) is 0 Å². The molecule has 0 spiro atoms. The van der Waals surface area contributed by atoms with Crippen LogP contribution in [0.4, 0.5) is 0 Å². The van der Waals surface area contributed by atoms with Gasteiger partial charge in [-0.15, -0.1) is 11.3 Å². The van der Waals surface area contributed by atoms with Gasteiger partial charge in [-0.1, -0.05) is 170 Å². The van der Waals surface area contributed by atoms with Crippen LogP contribution in [0.1, 0.15) is 0 Å². The van der Waals surface area contributed by atoms with E-state index in [4.69, 9.17) is 9.97 Å². The third kappa shape index (κ3) is 5.99. The summed E-state index contributed by atoms with van der Waals surface area (Å²) in [5.41, 5.74) is 15.5. The van der Waals surface area contributed by atoms with E-state index in [1.165, 1.54) is 86.2 Å². The summed E-state index contributed by atoms with van der Waals surface area (Å²) in [5, 5.41) is 8.62. The molecular formula is C62H38N4S. The topological polar surface area (TPSA) is 35.6 Å². The minimum absolute atomic E-state index is 0.701. The molecule has 4 heterocycles. The van der Waals surface area contributed by atoms with Crippen molar-refractivity contribution in [3.05, 3.63) is 231 Å². The lowest BCUT2D eigenvalue weighted by Crippen LogP contribution is -1.98. The van der Waals surface area contributed by atoms with Crippen molar-refractivity contribution in [2.24, 2.45) is 0 Å². The highest BCUT2D eigenvalue weighted by Gasteiger charge is 2.21. The van der Waals surface area contributed by atoms with E-state index in [1.54, 1.807) is 0 Å². The molecule has 0 aliphatic carbocycles. The molecule has 312 valence electrons. The van der Waals surface area contributed by atoms with Gasteiger partial charge in [-0.2, -0.15) is 0 Å². The number of thiophene rings is 1. The highest BCUT2D eigenvalue weighted by atomic mass is 32.1. The summed E-state index contributed by atoms with van der Waals surface area (Å²) >= 11 is 1.90. The molecule has 0 N–H and O–H groups in total. The minimum atomic E-state index is 0.701. The highest BCUT2D eigenvalue weighted by Crippen LogP contribution is 2.46. The molecule has 4 nitrogen and oxygen atoms in total. The first-order valence-electron chi connectivity index (χ1n) is 22.7. The molecule has 0 bridgehead atoms. The number of rotatable bonds is 6. The van der Waals surface area contributed by atoms with Crippen LogP contribution < -0.4 is 0 Å². The lowest BCUT2D eigenvalue weighted by molar-refractivity contribution is 1.18. The zero-order valence-corrected chi connectivity index (χ0v) is 37.0. The highest BCUT2D eigenvalue weighted by molar-refractivity contribution is 7.26. The van der Waals surface area contributed by atoms with Gasteiger partial charge in [0.15, 0.2) is 5.82 Å². The molecule has 67 heavy (non-hydrogen) atoms. The first-order chi connectivity index (χ1) is 33.2. The summed E-state index contributed by atoms with van der Waals surface area (Å²) in [6.07, 6.45) is 0. The van der Waals surface area contributed by atoms with E-state index >= 15 is 0 Å². The molecule has 0 aliphatic heterocycles. The van der Waals surface area contributed by atoms with E-state index in [2.05, 4.69) is 240 Å². The van der Waals surface area contributed by atoms with Crippen molar-refractivity contribution in [3.8, 4) is 56.3 Å². The van der Waals surface area contributed by atoms with Gasteiger partial charge < -0.3 is 9.13 Å². The molecule has 4 aromatic heterocycles. The third-order valence-corrected chi connectivity index (χ3v) is 14.7. The fourth-order valence-electron chi connectivity index (χ4n) is 10.4. The van der Waals surface area contributed by atoms with Crippen molar-refractivity contribution in [1.82, 2.24) is 19.1 Å². The van der Waals surface area contributed by atoms with Crippen molar-refractivity contribution in [2.75, 3.05) is 0 Å². The number of para-hydroxylation sites is 3. The second-order valence-corrected chi connectivity index (χ2v) is 18.4. The predicted molar refractivity (Wildman–Crippen MR) is 283 cm³/mol. The molecule has 0 unspecified atom stereocenters. The minimum Gasteiger partial charge on any atom is -0.309 e. The van der Waals surface area contributed by atoms with Gasteiger partial charge in [0.05, 0.1) is 33.3 Å². The Bertz CT molecular complexity index is 4220. The SMILES string of the molecule is c1ccc(-c2ccc(-c3nc(-c4ccc(-c5ccccc5)cc4)c4cc(-n5c6ccccc6c6c7sc8cc9c(cc8c7ccc65)c5ccccc5n9-c5ccccc5)ccc4n3)cc2)cc1. The number of hydrogen-bond donors (Lipinski definition) is 0. The molecule has 0 aliphatic rings. The Morgan fingerprint density at radius 2 is 0.881 bits per heavy atom. The van der Waals surface area contributed by atoms with E-state index in [0.717, 1.165) is 39.0 Å². The predicted octanol–water partition coefficient (Wildman–Crippen LogP) is 16.9. The molecular weight excluding hydrogens is 833 g/mol. The monoisotopic (exact) mass is 870 g/mol. The van der Waals surface area contributed by atoms with Gasteiger partial charge in [-0.05, 0) is 82.9 Å². The van der Waals surface area contributed by atoms with Gasteiger partial charge in [0, 0.05) is 69.6 Å². The Hall–Kier alpha value is -8.64. The normalized spacial score (nSPS) is 11.9. The second kappa shape index (κ2) is 15.0. The smallest absolute Gasteiger partial charge is 0.160 e. The Kier molecular flexibility index (Phi) is 8.42. The van der Waals surface area contributed by atoms with E-state index in [9.17, 15) is 0 Å². The maximum atomic E-state index is 5.40. The average molecular weight is 871 g/mol. The first kappa shape index (κ1) is 37.7. The maximum Gasteiger partial charge on any atom is 0.160 e. The molecule has 5 heteroatoms. The molecule has 0 saturated heterocycles. The molecule has 0 fully saturated rings. The summed E-state index contributed by atoms with van der Waals surface area (Å²) in [6.45, 7) is 0. The van der Waals surface area contributed by atoms with Crippen LogP contribution >= 0.6 is 11.3 Å². The fourth-order valence-corrected chi connectivity index (χ4v) is 11.7. The zero-order chi connectivity index (χ0) is 44.0. The standard InChI is InChI=1S/C62H38N4S/c1-4-14-39(15-5-1)41-24-28-43(29-25-41)60-52-36-46(32-34-53(52)63-62(64-60)44-30-26-42(27-31-44)40-16-6-2-7-17-40)66-55-23-13-11-21-49(55)59-56(66)35-33-48-51-37-50-47-20-10-12-22-54(47)65(45-18-8-3-9-19-45)57(50)38-58(51)67-61(48)59/h1-38H. The zero-order valence-electron chi connectivity index (χ0n) is 36.1. The van der Waals surface area contributed by atoms with Crippen LogP contribution in [0.15, 0.2) is 231 Å². The van der Waals surface area contributed by atoms with Crippen LogP contribution in [0.5, 0.6) is 0 Å². The van der Waals surface area contributed by atoms with Gasteiger partial charge in [-0.25, -0.2) is 9.97 Å². The Morgan fingerprint density at radius 3 is 1.58 bits per heavy atom. The quantitative estimate of drug-likeness (QED) is 0.167. The maximum absolute atomic E-state index is 5.40. The van der Waals surface area contributed by atoms with Gasteiger partial charge in [0.25, 0.3) is 0 Å². The van der Waals surface area contributed by atoms with Crippen LogP contribution in [-0.4, -0.2) is 19.1 Å². The van der Waals surface area contributed by atoms with Crippen molar-refractivity contribution < 1.29 is 0 Å². The van der Waals surface area contributed by atoms with Gasteiger partial charge >= 0.3 is 0 Å². The number of aromatic nitrogens is 4. The lowest BCUT2D eigenvalue weighted by atomic mass is 10.00. The fraction of sp³-hybridized carbons (Fsp3) is 0. The Labute approximate surface area is 389 Å². The van der Waals surface area contributed by atoms with Crippen molar-refractivity contribution in [1.29, 1.82) is 0 Å². The summed E-state index contributed by atoms with van der Waals surface area (Å²) < 4.78 is 7.43. The van der Waals surface area contributed by atoms with Gasteiger partial charge in [0.2, 0.25) is 0 Å². The third-order valence-electron chi connectivity index (χ3n) is 13.5. The van der Waals surface area contributed by atoms with Crippen molar-refractivity contribution in [2.45, 2.75) is 0 Å². The molecule has 14 aromatic rings. The van der Waals surface area contributed by atoms with Crippen LogP contribution in [-0.2, 0) is 0 Å². The Balaban J connectivity index is 0.960. The average Bonchev–Trinajstić information content (AvgIpc) is 4.05. The van der Waals surface area contributed by atoms with Crippen LogP contribution in [0.2, 0.25) is 0 Å². The van der Waals surface area contributed by atoms with Crippen molar-refractivity contribution >= 4 is 86.0 Å². The number of fused-ring (bicyclic) bond motifs is 11. The van der Waals surface area contributed by atoms with E-state index < -0.39 is 0 Å². The molecule has 10 aromatic carbocycles. The first-order valence-corrected chi connectivity index (χ1v) is 23.5. The summed E-state index contributed by atoms with van der Waals surface area (Å²) in [6, 6.07) is 83.0. The largest absolute Gasteiger partial charge is 0.309 e. The number of nitrogens with zero attached hydrogens (tertiary/aromatic N) is 4. The van der Waals surface area contributed by atoms with Crippen molar-refractivity contribution in [3.63, 3.8) is 0 Å². The molecule has 0 radical (unpaired) electrons. The molecule has 0 saturated carbocycles. The number of benzene rings is 10. The molecule has 0 atom stereocenters. The van der Waals surface area contributed by atoms with E-state index in [0.29, 0.717) is 5.82 Å². The van der Waals surface area contributed by atoms with Crippen LogP contribution in [0, 0.1) is 0 Å². The van der Waals surface area contributed by atoms with Crippen LogP contribution in [0.25, 0.3) is 131 Å². The summed E-state index contributed by atoms with van der Waals surface area (Å²) in [7, 11) is 0. The lowest BCUT2D eigenvalue weighted by Gasteiger charge is -2.14. The number of hydrogen-bond acceptors (Lipinski definition) is 3. The molecule has 14 rings (SSSR count). The van der Waals surface area contributed by atoms with E-state index in [1.807, 2.05) is 11.3 Å². The Morgan fingerprint density at radius 1 is 0.313 bits per heavy atom. The molecule has 0 amide bonds. The summed E-state index contributed by atoms with van der Waals surface area (Å²) in [5.74, 6) is 0.701. The van der Waals surface area contributed by atoms with Gasteiger partial charge in [0.1, 0.15) is 0 Å².